The molecule has 0 spiro atoms. The Morgan fingerprint density at radius 2 is 0.250 bits per heavy atom. The van der Waals surface area contributed by atoms with E-state index < -0.39 is 0 Å². The van der Waals surface area contributed by atoms with Crippen molar-refractivity contribution in [3.63, 3.8) is 0 Å². The van der Waals surface area contributed by atoms with E-state index in [1.54, 1.807) is 0 Å². The first kappa shape index (κ1) is 1420. The maximum absolute atomic E-state index is 0. The van der Waals surface area contributed by atoms with E-state index in [-0.39, 0.29) is 64.2 Å². The number of hydrogen-bond acceptors (Lipinski definition) is 0. The summed E-state index contributed by atoms with van der Waals surface area (Å²) in [5.74, 6) is 0. The molecule has 0 aliphatic heterocycles. The number of rotatable bonds is 0. The molecule has 0 saturated carbocycles. The molecule has 8 heteroatoms. The Balaban J connectivity index is 0. The van der Waals surface area contributed by atoms with Crippen molar-refractivity contribution in [3.8, 4) is 0 Å². The summed E-state index contributed by atoms with van der Waals surface area (Å²) < 4.78 is 0. The largest absolute Gasteiger partial charge is 0.412 e. The Labute approximate surface area is 64.6 Å². The molecule has 0 aliphatic rings. The van der Waals surface area contributed by atoms with Crippen molar-refractivity contribution in [2.24, 2.45) is 0 Å². The van der Waals surface area contributed by atoms with Crippen molar-refractivity contribution in [2.75, 3.05) is 0 Å². The van der Waals surface area contributed by atoms with Gasteiger partial charge in [0.1, 0.15) is 0 Å². The first-order chi connectivity index (χ1) is 0. The maximum Gasteiger partial charge on any atom is 0 e. The topological polar surface area (TPSA) is 220 Å². The third-order valence-electron chi connectivity index (χ3n) is 0. The molecule has 0 saturated heterocycles. The predicted molar refractivity (Wildman–Crippen MR) is 31.1 cm³/mol. The predicted octanol–water partition coefficient (Wildman–Crippen LogP) is -6.15. The molecule has 0 amide bonds. The summed E-state index contributed by atoms with van der Waals surface area (Å²) in [5.41, 5.74) is 0. The van der Waals surface area contributed by atoms with Crippen LogP contribution in [-0.4, -0.2) is 64.2 Å². The van der Waals surface area contributed by atoms with Gasteiger partial charge >= 0.3 is 0 Å². The molecule has 0 rings (SSSR count). The van der Waals surface area contributed by atoms with E-state index in [1.807, 2.05) is 0 Å². The molecule has 14 N–H and O–H groups in total. The van der Waals surface area contributed by atoms with Gasteiger partial charge in [0.2, 0.25) is 0 Å². The van der Waals surface area contributed by atoms with Gasteiger partial charge in [-0.15, -0.1) is 0 Å². The van der Waals surface area contributed by atoms with Crippen LogP contribution in [0.25, 0.3) is 0 Å². The van der Waals surface area contributed by atoms with Gasteiger partial charge in [-0.1, -0.05) is 0 Å². The van der Waals surface area contributed by atoms with Crippen LogP contribution in [0, 0.1) is 0 Å². The zero-order valence-corrected chi connectivity index (χ0v) is 7.37. The van der Waals surface area contributed by atoms with Crippen LogP contribution in [0.15, 0.2) is 0 Å². The van der Waals surface area contributed by atoms with Crippen molar-refractivity contribution < 1.29 is 38.3 Å². The Bertz CT molecular complexity index is 4.35. The second-order valence-corrected chi connectivity index (χ2v) is 0. The fourth-order valence-electron chi connectivity index (χ4n) is 0. The van der Waals surface area contributed by atoms with E-state index in [4.69, 9.17) is 0 Å². The first-order valence-electron chi connectivity index (χ1n) is 0. The number of hydrogen-bond donors (Lipinski definition) is 0. The molecular formula is H14InO7. The van der Waals surface area contributed by atoms with Gasteiger partial charge in [0, 0.05) is 25.8 Å². The van der Waals surface area contributed by atoms with Crippen LogP contribution in [0.1, 0.15) is 0 Å². The summed E-state index contributed by atoms with van der Waals surface area (Å²) in [6, 6.07) is 0. The quantitative estimate of drug-likeness (QED) is 0.386. The minimum atomic E-state index is 0. The van der Waals surface area contributed by atoms with Gasteiger partial charge in [0.15, 0.2) is 0 Å². The van der Waals surface area contributed by atoms with E-state index in [9.17, 15) is 0 Å². The molecule has 0 bridgehead atoms. The van der Waals surface area contributed by atoms with Gasteiger partial charge in [-0.05, 0) is 0 Å². The molecule has 0 aromatic carbocycles. The van der Waals surface area contributed by atoms with Crippen LogP contribution in [0.2, 0.25) is 0 Å². The van der Waals surface area contributed by atoms with Crippen molar-refractivity contribution in [2.45, 2.75) is 0 Å². The monoisotopic (exact) mass is 241 g/mol. The standard InChI is InChI=1S/In.7H2O/h;7*1H2. The van der Waals surface area contributed by atoms with Crippen LogP contribution in [0.3, 0.4) is 0 Å². The Morgan fingerprint density at radius 3 is 0.250 bits per heavy atom. The van der Waals surface area contributed by atoms with Gasteiger partial charge in [0.25, 0.3) is 0 Å². The molecule has 8 heavy (non-hydrogen) atoms. The van der Waals surface area contributed by atoms with Crippen LogP contribution in [0.5, 0.6) is 0 Å². The van der Waals surface area contributed by atoms with Crippen molar-refractivity contribution in [1.29, 1.82) is 0 Å². The van der Waals surface area contributed by atoms with Crippen LogP contribution in [-0.2, 0) is 0 Å². The van der Waals surface area contributed by atoms with E-state index >= 15 is 0 Å². The summed E-state index contributed by atoms with van der Waals surface area (Å²) in [4.78, 5) is 0. The summed E-state index contributed by atoms with van der Waals surface area (Å²) in [7, 11) is 0. The Morgan fingerprint density at radius 1 is 0.250 bits per heavy atom. The van der Waals surface area contributed by atoms with Crippen molar-refractivity contribution in [1.82, 2.24) is 0 Å². The third-order valence-corrected chi connectivity index (χ3v) is 0. The summed E-state index contributed by atoms with van der Waals surface area (Å²) >= 11 is 0. The van der Waals surface area contributed by atoms with Gasteiger partial charge in [-0.25, -0.2) is 0 Å². The maximum atomic E-state index is 0. The molecule has 0 heterocycles. The zero-order chi connectivity index (χ0) is 0. The first-order valence-corrected chi connectivity index (χ1v) is 0. The average molecular weight is 241 g/mol. The second kappa shape index (κ2) is 947. The average Bonchev–Trinajstić information content (AvgIpc) is 0. The van der Waals surface area contributed by atoms with Crippen molar-refractivity contribution >= 4 is 25.8 Å². The molecule has 59 valence electrons. The third kappa shape index (κ3) is 591. The molecule has 0 fully saturated rings. The normalized spacial score (nSPS) is 0. The van der Waals surface area contributed by atoms with Crippen molar-refractivity contribution in [3.05, 3.63) is 0 Å². The van der Waals surface area contributed by atoms with E-state index in [0.29, 0.717) is 0 Å². The SMILES string of the molecule is O.O.O.O.O.O.O.[In]. The van der Waals surface area contributed by atoms with E-state index in [1.165, 1.54) is 0 Å². The zero-order valence-electron chi connectivity index (χ0n) is 4.08. The molecule has 0 aromatic rings. The summed E-state index contributed by atoms with van der Waals surface area (Å²) in [6.45, 7) is 0. The molecule has 3 radical (unpaired) electrons. The molecule has 0 aliphatic carbocycles. The summed E-state index contributed by atoms with van der Waals surface area (Å²) in [6.07, 6.45) is 0. The summed E-state index contributed by atoms with van der Waals surface area (Å²) in [5, 5.41) is 0. The smallest absolute Gasteiger partial charge is 0 e. The van der Waals surface area contributed by atoms with Gasteiger partial charge in [0.05, 0.1) is 0 Å². The van der Waals surface area contributed by atoms with Crippen LogP contribution in [0.4, 0.5) is 0 Å². The fourth-order valence-corrected chi connectivity index (χ4v) is 0. The van der Waals surface area contributed by atoms with E-state index in [0.717, 1.165) is 0 Å². The molecule has 7 nitrogen and oxygen atoms in total. The Hall–Kier alpha value is 0.590. The molecular weight excluding hydrogens is 227 g/mol. The second-order valence-electron chi connectivity index (χ2n) is 0. The molecule has 0 aromatic heterocycles. The fraction of sp³-hybridized carbons (Fsp3) is 0. The van der Waals surface area contributed by atoms with Crippen LogP contribution < -0.4 is 0 Å². The Kier molecular flexibility index (Phi) is 168000. The van der Waals surface area contributed by atoms with Gasteiger partial charge in [-0.2, -0.15) is 0 Å². The van der Waals surface area contributed by atoms with E-state index in [2.05, 4.69) is 0 Å². The van der Waals surface area contributed by atoms with Gasteiger partial charge in [-0.3, -0.25) is 0 Å². The molecule has 0 atom stereocenters. The molecule has 0 unspecified atom stereocenters. The minimum Gasteiger partial charge on any atom is -0.412 e. The van der Waals surface area contributed by atoms with Gasteiger partial charge < -0.3 is 38.3 Å². The van der Waals surface area contributed by atoms with Crippen LogP contribution >= 0.6 is 0 Å². The minimum absolute atomic E-state index is 0.